The third-order valence-electron chi connectivity index (χ3n) is 1.44. The van der Waals surface area contributed by atoms with E-state index in [4.69, 9.17) is 4.89 Å². The number of carbonyl (C=O) groups excluding carboxylic acids is 1. The molecule has 1 aromatic carbocycles. The fraction of sp³-hybridized carbons (Fsp3) is 0.125. The molecule has 15 heavy (non-hydrogen) atoms. The SMILES string of the molecule is NP(=O)(O)OCOC(=O)c1ccccc1. The molecule has 0 bridgehead atoms. The van der Waals surface area contributed by atoms with E-state index >= 15 is 0 Å². The van der Waals surface area contributed by atoms with Crippen molar-refractivity contribution < 1.29 is 23.5 Å². The fourth-order valence-electron chi connectivity index (χ4n) is 0.813. The van der Waals surface area contributed by atoms with Crippen LogP contribution in [0.1, 0.15) is 10.4 Å². The van der Waals surface area contributed by atoms with E-state index in [-0.39, 0.29) is 0 Å². The normalized spacial score (nSPS) is 14.3. The largest absolute Gasteiger partial charge is 0.434 e. The van der Waals surface area contributed by atoms with Gasteiger partial charge in [0.25, 0.3) is 0 Å². The zero-order chi connectivity index (χ0) is 11.3. The van der Waals surface area contributed by atoms with Crippen LogP contribution in [0.2, 0.25) is 0 Å². The van der Waals surface area contributed by atoms with Gasteiger partial charge in [-0.3, -0.25) is 4.52 Å². The maximum absolute atomic E-state index is 11.2. The molecule has 3 N–H and O–H groups in total. The first-order valence-corrected chi connectivity index (χ1v) is 5.62. The average Bonchev–Trinajstić information content (AvgIpc) is 2.17. The van der Waals surface area contributed by atoms with Gasteiger partial charge in [-0.1, -0.05) is 18.2 Å². The Hall–Kier alpha value is -1.20. The van der Waals surface area contributed by atoms with Crippen LogP contribution in [0.25, 0.3) is 0 Å². The molecule has 6 nitrogen and oxygen atoms in total. The number of rotatable bonds is 4. The van der Waals surface area contributed by atoms with Crippen molar-refractivity contribution in [2.24, 2.45) is 5.50 Å². The van der Waals surface area contributed by atoms with E-state index in [9.17, 15) is 9.36 Å². The Bertz CT molecular complexity index is 374. The van der Waals surface area contributed by atoms with E-state index < -0.39 is 20.5 Å². The Morgan fingerprint density at radius 2 is 2.00 bits per heavy atom. The molecule has 0 aromatic heterocycles. The first kappa shape index (κ1) is 11.9. The summed E-state index contributed by atoms with van der Waals surface area (Å²) in [4.78, 5) is 19.7. The van der Waals surface area contributed by atoms with Gasteiger partial charge in [0.1, 0.15) is 0 Å². The van der Waals surface area contributed by atoms with Gasteiger partial charge in [0, 0.05) is 0 Å². The van der Waals surface area contributed by atoms with Crippen LogP contribution >= 0.6 is 7.75 Å². The Morgan fingerprint density at radius 3 is 2.53 bits per heavy atom. The molecule has 82 valence electrons. The molecule has 0 aliphatic rings. The van der Waals surface area contributed by atoms with E-state index in [2.05, 4.69) is 14.8 Å². The molecule has 0 amide bonds. The number of hydrogen-bond donors (Lipinski definition) is 2. The maximum Gasteiger partial charge on any atom is 0.403 e. The minimum absolute atomic E-state index is 0.325. The highest BCUT2D eigenvalue weighted by Crippen LogP contribution is 2.30. The van der Waals surface area contributed by atoms with Crippen molar-refractivity contribution in [3.05, 3.63) is 35.9 Å². The quantitative estimate of drug-likeness (QED) is 0.453. The van der Waals surface area contributed by atoms with E-state index in [1.807, 2.05) is 0 Å². The lowest BCUT2D eigenvalue weighted by molar-refractivity contribution is 0.0126. The van der Waals surface area contributed by atoms with Crippen LogP contribution in [0.4, 0.5) is 0 Å². The van der Waals surface area contributed by atoms with Crippen molar-refractivity contribution in [2.75, 3.05) is 6.79 Å². The zero-order valence-electron chi connectivity index (χ0n) is 7.70. The van der Waals surface area contributed by atoms with Gasteiger partial charge in [-0.05, 0) is 12.1 Å². The molecule has 0 spiro atoms. The first-order valence-electron chi connectivity index (χ1n) is 3.97. The average molecular weight is 231 g/mol. The van der Waals surface area contributed by atoms with Gasteiger partial charge < -0.3 is 9.63 Å². The Morgan fingerprint density at radius 1 is 1.40 bits per heavy atom. The molecule has 1 unspecified atom stereocenters. The van der Waals surface area contributed by atoms with E-state index in [1.165, 1.54) is 0 Å². The summed E-state index contributed by atoms with van der Waals surface area (Å²) in [5.74, 6) is -0.649. The summed E-state index contributed by atoms with van der Waals surface area (Å²) < 4.78 is 19.2. The summed E-state index contributed by atoms with van der Waals surface area (Å²) in [5, 5.41) is 0. The highest BCUT2D eigenvalue weighted by molar-refractivity contribution is 7.50. The van der Waals surface area contributed by atoms with Crippen LogP contribution in [0.3, 0.4) is 0 Å². The van der Waals surface area contributed by atoms with Gasteiger partial charge in [0.2, 0.25) is 6.79 Å². The highest BCUT2D eigenvalue weighted by Gasteiger charge is 2.13. The Labute approximate surface area is 86.2 Å². The standard InChI is InChI=1S/C8H10NO5P/c9-15(11,12)14-6-13-8(10)7-4-2-1-3-5-7/h1-5H,6H2,(H3,9,11,12). The number of benzene rings is 1. The molecule has 1 rings (SSSR count). The van der Waals surface area contributed by atoms with E-state index in [1.54, 1.807) is 30.3 Å². The van der Waals surface area contributed by atoms with Crippen molar-refractivity contribution in [3.8, 4) is 0 Å². The van der Waals surface area contributed by atoms with Crippen molar-refractivity contribution >= 4 is 13.7 Å². The van der Waals surface area contributed by atoms with E-state index in [0.717, 1.165) is 0 Å². The highest BCUT2D eigenvalue weighted by atomic mass is 31.2. The van der Waals surface area contributed by atoms with Crippen LogP contribution in [0, 0.1) is 0 Å². The van der Waals surface area contributed by atoms with Crippen molar-refractivity contribution in [1.29, 1.82) is 0 Å². The van der Waals surface area contributed by atoms with Crippen molar-refractivity contribution in [2.45, 2.75) is 0 Å². The molecule has 0 aliphatic heterocycles. The van der Waals surface area contributed by atoms with Crippen LogP contribution in [0.5, 0.6) is 0 Å². The lowest BCUT2D eigenvalue weighted by Gasteiger charge is -2.07. The summed E-state index contributed by atoms with van der Waals surface area (Å²) in [5.41, 5.74) is 4.98. The van der Waals surface area contributed by atoms with Crippen molar-refractivity contribution in [3.63, 3.8) is 0 Å². The number of hydrogen-bond acceptors (Lipinski definition) is 4. The summed E-state index contributed by atoms with van der Waals surface area (Å²) in [6.07, 6.45) is 0. The monoisotopic (exact) mass is 231 g/mol. The van der Waals surface area contributed by atoms with Crippen LogP contribution in [-0.2, 0) is 13.8 Å². The number of esters is 1. The maximum atomic E-state index is 11.2. The van der Waals surface area contributed by atoms with E-state index in [0.29, 0.717) is 5.56 Å². The molecule has 0 saturated heterocycles. The number of carbonyl (C=O) groups is 1. The zero-order valence-corrected chi connectivity index (χ0v) is 8.59. The number of ether oxygens (including phenoxy) is 1. The van der Waals surface area contributed by atoms with Gasteiger partial charge >= 0.3 is 13.7 Å². The second kappa shape index (κ2) is 5.04. The molecular weight excluding hydrogens is 221 g/mol. The van der Waals surface area contributed by atoms with Gasteiger partial charge in [0.05, 0.1) is 5.56 Å². The second-order valence-electron chi connectivity index (χ2n) is 2.61. The molecule has 0 heterocycles. The molecule has 0 fully saturated rings. The second-order valence-corrected chi connectivity index (χ2v) is 4.00. The lowest BCUT2D eigenvalue weighted by Crippen LogP contribution is -2.09. The molecule has 1 aromatic rings. The minimum atomic E-state index is -4.09. The van der Waals surface area contributed by atoms with Gasteiger partial charge in [-0.25, -0.2) is 14.9 Å². The molecule has 0 radical (unpaired) electrons. The molecule has 0 saturated carbocycles. The first-order chi connectivity index (χ1) is 6.99. The predicted molar refractivity (Wildman–Crippen MR) is 51.8 cm³/mol. The van der Waals surface area contributed by atoms with Crippen LogP contribution < -0.4 is 5.50 Å². The van der Waals surface area contributed by atoms with Crippen molar-refractivity contribution in [1.82, 2.24) is 0 Å². The summed E-state index contributed by atoms with van der Waals surface area (Å²) in [7, 11) is -4.09. The third-order valence-corrected chi connectivity index (χ3v) is 1.91. The van der Waals surface area contributed by atoms with Gasteiger partial charge in [-0.2, -0.15) is 0 Å². The molecule has 1 atom stereocenters. The topological polar surface area (TPSA) is 98.9 Å². The van der Waals surface area contributed by atoms with Gasteiger partial charge in [-0.15, -0.1) is 0 Å². The minimum Gasteiger partial charge on any atom is -0.434 e. The summed E-state index contributed by atoms with van der Waals surface area (Å²) in [6, 6.07) is 8.16. The molecule has 7 heteroatoms. The third kappa shape index (κ3) is 4.71. The summed E-state index contributed by atoms with van der Waals surface area (Å²) in [6.45, 7) is -0.655. The Balaban J connectivity index is 2.41. The van der Waals surface area contributed by atoms with Gasteiger partial charge in [0.15, 0.2) is 0 Å². The Kier molecular flexibility index (Phi) is 3.99. The lowest BCUT2D eigenvalue weighted by atomic mass is 10.2. The molecular formula is C8H10NO5P. The fourth-order valence-corrected chi connectivity index (χ4v) is 1.02. The number of nitrogens with two attached hydrogens (primary N) is 1. The molecule has 0 aliphatic carbocycles. The predicted octanol–water partition coefficient (Wildman–Crippen LogP) is 0.877. The van der Waals surface area contributed by atoms with Crippen LogP contribution in [0.15, 0.2) is 30.3 Å². The van der Waals surface area contributed by atoms with Crippen LogP contribution in [-0.4, -0.2) is 17.7 Å². The smallest absolute Gasteiger partial charge is 0.403 e. The summed E-state index contributed by atoms with van der Waals surface area (Å²) >= 11 is 0.